The number of nitrogens with one attached hydrogen (secondary N) is 1. The third kappa shape index (κ3) is 4.94. The molecule has 0 bridgehead atoms. The maximum atomic E-state index is 12.6. The first-order chi connectivity index (χ1) is 14.2. The molecule has 1 aliphatic heterocycles. The largest absolute Gasteiger partial charge is 0.373 e. The SMILES string of the molecule is CNc1cc([C@@H]2CC(=O)N(Cc3ccccc3)C2)nc(CN(C)S(=O)(=O)N(C)C)n1. The Bertz CT molecular complexity index is 997. The molecule has 0 spiro atoms. The topological polar surface area (TPSA) is 98.7 Å². The van der Waals surface area contributed by atoms with Crippen molar-refractivity contribution in [3.05, 3.63) is 53.5 Å². The Labute approximate surface area is 177 Å². The molecule has 1 amide bonds. The second-order valence-electron chi connectivity index (χ2n) is 7.55. The molecule has 10 heteroatoms. The zero-order valence-electron chi connectivity index (χ0n) is 17.7. The number of nitrogens with zero attached hydrogens (tertiary/aromatic N) is 5. The van der Waals surface area contributed by atoms with Crippen molar-refractivity contribution in [1.29, 1.82) is 0 Å². The average molecular weight is 433 g/mol. The zero-order valence-corrected chi connectivity index (χ0v) is 18.6. The Kier molecular flexibility index (Phi) is 6.69. The second kappa shape index (κ2) is 9.07. The molecule has 2 aromatic rings. The second-order valence-corrected chi connectivity index (χ2v) is 9.80. The summed E-state index contributed by atoms with van der Waals surface area (Å²) in [5, 5.41) is 3.00. The Morgan fingerprint density at radius 2 is 1.87 bits per heavy atom. The van der Waals surface area contributed by atoms with Crippen LogP contribution in [0, 0.1) is 0 Å². The van der Waals surface area contributed by atoms with E-state index in [1.165, 1.54) is 25.4 Å². The first-order valence-corrected chi connectivity index (χ1v) is 11.1. The van der Waals surface area contributed by atoms with E-state index in [0.717, 1.165) is 15.6 Å². The maximum absolute atomic E-state index is 12.6. The van der Waals surface area contributed by atoms with Crippen LogP contribution in [0.1, 0.15) is 29.4 Å². The molecule has 0 radical (unpaired) electrons. The fourth-order valence-electron chi connectivity index (χ4n) is 3.41. The third-order valence-corrected chi connectivity index (χ3v) is 6.96. The van der Waals surface area contributed by atoms with Gasteiger partial charge < -0.3 is 10.2 Å². The highest BCUT2D eigenvalue weighted by molar-refractivity contribution is 7.86. The normalized spacial score (nSPS) is 17.2. The molecule has 0 aliphatic carbocycles. The monoisotopic (exact) mass is 432 g/mol. The van der Waals surface area contributed by atoms with Crippen molar-refractivity contribution in [2.45, 2.75) is 25.4 Å². The van der Waals surface area contributed by atoms with E-state index in [9.17, 15) is 13.2 Å². The van der Waals surface area contributed by atoms with E-state index in [-0.39, 0.29) is 18.4 Å². The molecule has 3 rings (SSSR count). The van der Waals surface area contributed by atoms with Crippen molar-refractivity contribution >= 4 is 21.9 Å². The summed E-state index contributed by atoms with van der Waals surface area (Å²) >= 11 is 0. The molecule has 1 fully saturated rings. The summed E-state index contributed by atoms with van der Waals surface area (Å²) in [7, 11) is 2.62. The number of hydrogen-bond donors (Lipinski definition) is 1. The summed E-state index contributed by atoms with van der Waals surface area (Å²) in [6.45, 7) is 1.17. The first-order valence-electron chi connectivity index (χ1n) is 9.71. The molecule has 1 aromatic carbocycles. The standard InChI is InChI=1S/C20H28N6O3S/c1-21-18-11-17(22-19(23-18)14-25(4)30(28,29)24(2)3)16-10-20(27)26(13-16)12-15-8-6-5-7-9-15/h5-9,11,16H,10,12-14H2,1-4H3,(H,21,22,23)/t16-/m1/s1. The molecule has 1 aromatic heterocycles. The molecule has 0 saturated carbocycles. The quantitative estimate of drug-likeness (QED) is 0.675. The fourth-order valence-corrected chi connectivity index (χ4v) is 4.25. The predicted octanol–water partition coefficient (Wildman–Crippen LogP) is 1.27. The molecule has 0 unspecified atom stereocenters. The highest BCUT2D eigenvalue weighted by atomic mass is 32.2. The van der Waals surface area contributed by atoms with Gasteiger partial charge in [-0.1, -0.05) is 30.3 Å². The van der Waals surface area contributed by atoms with Crippen LogP contribution in [0.5, 0.6) is 0 Å². The van der Waals surface area contributed by atoms with Crippen LogP contribution in [0.25, 0.3) is 0 Å². The number of carbonyl (C=O) groups excluding carboxylic acids is 1. The Balaban J connectivity index is 1.79. The molecule has 30 heavy (non-hydrogen) atoms. The highest BCUT2D eigenvalue weighted by Crippen LogP contribution is 2.29. The van der Waals surface area contributed by atoms with E-state index in [2.05, 4.69) is 15.3 Å². The van der Waals surface area contributed by atoms with Crippen LogP contribution < -0.4 is 5.32 Å². The van der Waals surface area contributed by atoms with Crippen LogP contribution in [0.2, 0.25) is 0 Å². The van der Waals surface area contributed by atoms with Crippen molar-refractivity contribution < 1.29 is 13.2 Å². The van der Waals surface area contributed by atoms with Crippen LogP contribution >= 0.6 is 0 Å². The summed E-state index contributed by atoms with van der Waals surface area (Å²) in [6.07, 6.45) is 0.373. The van der Waals surface area contributed by atoms with Crippen molar-refractivity contribution in [2.24, 2.45) is 0 Å². The summed E-state index contributed by atoms with van der Waals surface area (Å²) in [5.74, 6) is 1.01. The zero-order chi connectivity index (χ0) is 21.9. The van der Waals surface area contributed by atoms with Crippen molar-refractivity contribution in [2.75, 3.05) is 40.1 Å². The van der Waals surface area contributed by atoms with Gasteiger partial charge in [0.1, 0.15) is 11.6 Å². The molecule has 1 aliphatic rings. The summed E-state index contributed by atoms with van der Waals surface area (Å²) in [5.41, 5.74) is 1.82. The maximum Gasteiger partial charge on any atom is 0.281 e. The third-order valence-electron chi connectivity index (χ3n) is 5.12. The molecule has 2 heterocycles. The van der Waals surface area contributed by atoms with Gasteiger partial charge in [0.15, 0.2) is 0 Å². The Morgan fingerprint density at radius 1 is 1.17 bits per heavy atom. The van der Waals surface area contributed by atoms with E-state index < -0.39 is 10.2 Å². The number of amides is 1. The minimum atomic E-state index is -3.57. The van der Waals surface area contributed by atoms with Crippen LogP contribution in [0.3, 0.4) is 0 Å². The minimum absolute atomic E-state index is 0.0391. The van der Waals surface area contributed by atoms with Crippen LogP contribution in [-0.2, 0) is 28.1 Å². The number of rotatable bonds is 8. The van der Waals surface area contributed by atoms with Gasteiger partial charge in [-0.25, -0.2) is 9.97 Å². The Hall–Kier alpha value is -2.56. The van der Waals surface area contributed by atoms with Gasteiger partial charge in [0.2, 0.25) is 5.91 Å². The first kappa shape index (κ1) is 22.1. The van der Waals surface area contributed by atoms with E-state index in [0.29, 0.717) is 31.2 Å². The van der Waals surface area contributed by atoms with Crippen molar-refractivity contribution in [1.82, 2.24) is 23.5 Å². The van der Waals surface area contributed by atoms with Crippen molar-refractivity contribution in [3.8, 4) is 0 Å². The van der Waals surface area contributed by atoms with Crippen LogP contribution in [0.4, 0.5) is 5.82 Å². The van der Waals surface area contributed by atoms with Crippen LogP contribution in [0.15, 0.2) is 36.4 Å². The van der Waals surface area contributed by atoms with Gasteiger partial charge in [-0.3, -0.25) is 4.79 Å². The minimum Gasteiger partial charge on any atom is -0.373 e. The number of likely N-dealkylation sites (tertiary alicyclic amines) is 1. The lowest BCUT2D eigenvalue weighted by Gasteiger charge is -2.21. The lowest BCUT2D eigenvalue weighted by molar-refractivity contribution is -0.128. The van der Waals surface area contributed by atoms with E-state index >= 15 is 0 Å². The fraction of sp³-hybridized carbons (Fsp3) is 0.450. The predicted molar refractivity (Wildman–Crippen MR) is 115 cm³/mol. The lowest BCUT2D eigenvalue weighted by atomic mass is 10.0. The van der Waals surface area contributed by atoms with Gasteiger partial charge in [-0.05, 0) is 5.56 Å². The molecular formula is C20H28N6O3S. The molecule has 9 nitrogen and oxygen atoms in total. The number of anilines is 1. The lowest BCUT2D eigenvalue weighted by Crippen LogP contribution is -2.37. The van der Waals surface area contributed by atoms with Gasteiger partial charge in [-0.2, -0.15) is 17.0 Å². The smallest absolute Gasteiger partial charge is 0.281 e. The van der Waals surface area contributed by atoms with E-state index in [1.807, 2.05) is 41.3 Å². The molecule has 162 valence electrons. The number of hydrogen-bond acceptors (Lipinski definition) is 6. The number of carbonyl (C=O) groups is 1. The van der Waals surface area contributed by atoms with Crippen molar-refractivity contribution in [3.63, 3.8) is 0 Å². The summed E-state index contributed by atoms with van der Waals surface area (Å²) in [4.78, 5) is 23.4. The van der Waals surface area contributed by atoms with E-state index in [1.54, 1.807) is 7.05 Å². The molecule has 1 N–H and O–H groups in total. The van der Waals surface area contributed by atoms with Gasteiger partial charge >= 0.3 is 0 Å². The van der Waals surface area contributed by atoms with E-state index in [4.69, 9.17) is 0 Å². The Morgan fingerprint density at radius 3 is 2.50 bits per heavy atom. The number of aromatic nitrogens is 2. The van der Waals surface area contributed by atoms with Gasteiger partial charge in [0.05, 0.1) is 12.2 Å². The highest BCUT2D eigenvalue weighted by Gasteiger charge is 2.32. The number of benzene rings is 1. The average Bonchev–Trinajstić information content (AvgIpc) is 3.08. The summed E-state index contributed by atoms with van der Waals surface area (Å²) in [6, 6.07) is 11.7. The molecule has 1 saturated heterocycles. The van der Waals surface area contributed by atoms with Gasteiger partial charge in [-0.15, -0.1) is 0 Å². The van der Waals surface area contributed by atoms with Gasteiger partial charge in [0.25, 0.3) is 10.2 Å². The van der Waals surface area contributed by atoms with Gasteiger partial charge in [0, 0.05) is 59.7 Å². The molecular weight excluding hydrogens is 404 g/mol. The molecule has 1 atom stereocenters. The van der Waals surface area contributed by atoms with Crippen LogP contribution in [-0.4, -0.2) is 72.5 Å². The summed E-state index contributed by atoms with van der Waals surface area (Å²) < 4.78 is 27.0.